The van der Waals surface area contributed by atoms with E-state index in [1.165, 1.54) is 5.56 Å². The molecule has 0 atom stereocenters. The van der Waals surface area contributed by atoms with Crippen molar-refractivity contribution in [3.05, 3.63) is 60.2 Å². The molecule has 1 saturated heterocycles. The van der Waals surface area contributed by atoms with Crippen molar-refractivity contribution in [1.29, 1.82) is 0 Å². The number of benzene rings is 2. The minimum atomic E-state index is -0.199. The number of para-hydroxylation sites is 2. The molecular weight excluding hydrogens is 366 g/mol. The number of nitrogens with one attached hydrogen (secondary N) is 1. The van der Waals surface area contributed by atoms with Gasteiger partial charge in [0.05, 0.1) is 12.8 Å². The van der Waals surface area contributed by atoms with Crippen molar-refractivity contribution in [3.63, 3.8) is 0 Å². The van der Waals surface area contributed by atoms with Gasteiger partial charge in [0.2, 0.25) is 11.8 Å². The number of hydrogen-bond acceptors (Lipinski definition) is 4. The molecule has 0 aromatic heterocycles. The highest BCUT2D eigenvalue weighted by Crippen LogP contribution is 2.28. The van der Waals surface area contributed by atoms with Crippen LogP contribution in [0.25, 0.3) is 0 Å². The number of amides is 2. The average Bonchev–Trinajstić information content (AvgIpc) is 2.77. The lowest BCUT2D eigenvalue weighted by atomic mass is 10.1. The van der Waals surface area contributed by atoms with Crippen molar-refractivity contribution in [2.24, 2.45) is 0 Å². The number of nitrogens with zero attached hydrogens (tertiary/aromatic N) is 2. The monoisotopic (exact) mass is 395 g/mol. The van der Waals surface area contributed by atoms with Gasteiger partial charge in [-0.05, 0) is 30.5 Å². The van der Waals surface area contributed by atoms with E-state index in [0.717, 1.165) is 37.4 Å². The second-order valence-electron chi connectivity index (χ2n) is 7.16. The van der Waals surface area contributed by atoms with E-state index in [0.29, 0.717) is 19.6 Å². The first-order valence-electron chi connectivity index (χ1n) is 10.1. The van der Waals surface area contributed by atoms with E-state index in [-0.39, 0.29) is 18.2 Å². The molecule has 2 aromatic carbocycles. The maximum atomic E-state index is 12.5. The number of carbonyl (C=O) groups is 2. The Morgan fingerprint density at radius 1 is 0.966 bits per heavy atom. The van der Waals surface area contributed by atoms with E-state index in [1.54, 1.807) is 12.0 Å². The molecule has 6 heteroatoms. The van der Waals surface area contributed by atoms with Crippen LogP contribution in [0.1, 0.15) is 18.4 Å². The first-order valence-corrected chi connectivity index (χ1v) is 10.1. The Hall–Kier alpha value is -3.02. The van der Waals surface area contributed by atoms with Crippen LogP contribution in [-0.2, 0) is 16.0 Å². The van der Waals surface area contributed by atoms with E-state index in [2.05, 4.69) is 22.3 Å². The average molecular weight is 396 g/mol. The van der Waals surface area contributed by atoms with Gasteiger partial charge in [-0.25, -0.2) is 0 Å². The number of hydrogen-bond donors (Lipinski definition) is 1. The van der Waals surface area contributed by atoms with Crippen LogP contribution in [-0.4, -0.2) is 56.5 Å². The summed E-state index contributed by atoms with van der Waals surface area (Å²) in [5, 5.41) is 2.86. The molecule has 0 aliphatic carbocycles. The zero-order chi connectivity index (χ0) is 20.5. The van der Waals surface area contributed by atoms with E-state index >= 15 is 0 Å². The van der Waals surface area contributed by atoms with Gasteiger partial charge in [-0.1, -0.05) is 42.5 Å². The summed E-state index contributed by atoms with van der Waals surface area (Å²) in [6.45, 7) is 3.26. The summed E-state index contributed by atoms with van der Waals surface area (Å²) in [4.78, 5) is 28.5. The van der Waals surface area contributed by atoms with E-state index < -0.39 is 0 Å². The molecule has 154 valence electrons. The van der Waals surface area contributed by atoms with Crippen molar-refractivity contribution in [2.45, 2.75) is 19.3 Å². The SMILES string of the molecule is COc1ccccc1N1CCN(C(=O)CC(=O)NCCCc2ccccc2)CC1. The van der Waals surface area contributed by atoms with Crippen LogP contribution in [0.5, 0.6) is 5.75 Å². The zero-order valence-corrected chi connectivity index (χ0v) is 17.0. The fourth-order valence-electron chi connectivity index (χ4n) is 3.56. The van der Waals surface area contributed by atoms with Crippen LogP contribution in [0.2, 0.25) is 0 Å². The lowest BCUT2D eigenvalue weighted by molar-refractivity contribution is -0.136. The number of rotatable bonds is 8. The second kappa shape index (κ2) is 10.5. The predicted octanol–water partition coefficient (Wildman–Crippen LogP) is 2.48. The molecule has 1 aliphatic heterocycles. The summed E-state index contributed by atoms with van der Waals surface area (Å²) in [5.41, 5.74) is 2.30. The third-order valence-electron chi connectivity index (χ3n) is 5.18. The van der Waals surface area contributed by atoms with E-state index in [9.17, 15) is 9.59 Å². The smallest absolute Gasteiger partial charge is 0.232 e. The highest BCUT2D eigenvalue weighted by molar-refractivity contribution is 5.97. The van der Waals surface area contributed by atoms with Crippen LogP contribution in [0.3, 0.4) is 0 Å². The minimum absolute atomic E-state index is 0.0833. The summed E-state index contributed by atoms with van der Waals surface area (Å²) in [7, 11) is 1.66. The molecule has 1 aliphatic rings. The molecular formula is C23H29N3O3. The number of piperazine rings is 1. The molecule has 1 heterocycles. The fourth-order valence-corrected chi connectivity index (χ4v) is 3.56. The van der Waals surface area contributed by atoms with Gasteiger partial charge in [-0.2, -0.15) is 0 Å². The normalized spacial score (nSPS) is 13.8. The van der Waals surface area contributed by atoms with Gasteiger partial charge in [-0.15, -0.1) is 0 Å². The Bertz CT molecular complexity index is 802. The molecule has 0 radical (unpaired) electrons. The number of carbonyl (C=O) groups excluding carboxylic acids is 2. The Morgan fingerprint density at radius 2 is 1.66 bits per heavy atom. The van der Waals surface area contributed by atoms with Gasteiger partial charge < -0.3 is 19.9 Å². The highest BCUT2D eigenvalue weighted by atomic mass is 16.5. The van der Waals surface area contributed by atoms with Crippen molar-refractivity contribution in [1.82, 2.24) is 10.2 Å². The summed E-state index contributed by atoms with van der Waals surface area (Å²) in [6, 6.07) is 18.1. The first kappa shape index (κ1) is 20.7. The highest BCUT2D eigenvalue weighted by Gasteiger charge is 2.24. The van der Waals surface area contributed by atoms with Crippen molar-refractivity contribution in [2.75, 3.05) is 44.7 Å². The van der Waals surface area contributed by atoms with Crippen LogP contribution in [0.15, 0.2) is 54.6 Å². The fraction of sp³-hybridized carbons (Fsp3) is 0.391. The molecule has 0 bridgehead atoms. The summed E-state index contributed by atoms with van der Waals surface area (Å²) in [6.07, 6.45) is 1.70. The Morgan fingerprint density at radius 3 is 2.38 bits per heavy atom. The number of aryl methyl sites for hydroxylation is 1. The third-order valence-corrected chi connectivity index (χ3v) is 5.18. The number of methoxy groups -OCH3 is 1. The Balaban J connectivity index is 1.37. The summed E-state index contributed by atoms with van der Waals surface area (Å²) >= 11 is 0. The molecule has 0 unspecified atom stereocenters. The van der Waals surface area contributed by atoms with Gasteiger partial charge in [0.15, 0.2) is 0 Å². The van der Waals surface area contributed by atoms with Crippen molar-refractivity contribution < 1.29 is 14.3 Å². The molecule has 0 saturated carbocycles. The Labute approximate surface area is 172 Å². The molecule has 3 rings (SSSR count). The number of ether oxygens (including phenoxy) is 1. The topological polar surface area (TPSA) is 61.9 Å². The molecule has 2 amide bonds. The third kappa shape index (κ3) is 5.98. The van der Waals surface area contributed by atoms with Gasteiger partial charge in [-0.3, -0.25) is 9.59 Å². The van der Waals surface area contributed by atoms with Crippen LogP contribution in [0, 0.1) is 0 Å². The molecule has 2 aromatic rings. The lowest BCUT2D eigenvalue weighted by Gasteiger charge is -2.36. The van der Waals surface area contributed by atoms with Gasteiger partial charge in [0.25, 0.3) is 0 Å². The first-order chi connectivity index (χ1) is 14.2. The van der Waals surface area contributed by atoms with Crippen LogP contribution >= 0.6 is 0 Å². The maximum absolute atomic E-state index is 12.5. The molecule has 1 N–H and O–H groups in total. The molecule has 6 nitrogen and oxygen atoms in total. The second-order valence-corrected chi connectivity index (χ2v) is 7.16. The standard InChI is InChI=1S/C23H29N3O3/c1-29-21-12-6-5-11-20(21)25-14-16-26(17-15-25)23(28)18-22(27)24-13-7-10-19-8-3-2-4-9-19/h2-6,8-9,11-12H,7,10,13-18H2,1H3,(H,24,27). The maximum Gasteiger partial charge on any atom is 0.232 e. The van der Waals surface area contributed by atoms with Crippen molar-refractivity contribution in [3.8, 4) is 5.75 Å². The zero-order valence-electron chi connectivity index (χ0n) is 17.0. The Kier molecular flexibility index (Phi) is 7.50. The van der Waals surface area contributed by atoms with Crippen LogP contribution in [0.4, 0.5) is 5.69 Å². The summed E-state index contributed by atoms with van der Waals surface area (Å²) < 4.78 is 5.43. The molecule has 1 fully saturated rings. The summed E-state index contributed by atoms with van der Waals surface area (Å²) in [5.74, 6) is 0.530. The quantitative estimate of drug-likeness (QED) is 0.551. The minimum Gasteiger partial charge on any atom is -0.495 e. The van der Waals surface area contributed by atoms with E-state index in [1.807, 2.05) is 42.5 Å². The predicted molar refractivity (Wildman–Crippen MR) is 114 cm³/mol. The van der Waals surface area contributed by atoms with E-state index in [4.69, 9.17) is 4.74 Å². The van der Waals surface area contributed by atoms with Gasteiger partial charge >= 0.3 is 0 Å². The van der Waals surface area contributed by atoms with Gasteiger partial charge in [0.1, 0.15) is 12.2 Å². The van der Waals surface area contributed by atoms with Crippen LogP contribution < -0.4 is 15.0 Å². The van der Waals surface area contributed by atoms with Gasteiger partial charge in [0, 0.05) is 32.7 Å². The molecule has 29 heavy (non-hydrogen) atoms. The number of anilines is 1. The molecule has 0 spiro atoms. The largest absolute Gasteiger partial charge is 0.495 e. The lowest BCUT2D eigenvalue weighted by Crippen LogP contribution is -2.49. The van der Waals surface area contributed by atoms with Crippen molar-refractivity contribution >= 4 is 17.5 Å².